The van der Waals surface area contributed by atoms with Crippen LogP contribution in [0.15, 0.2) is 11.0 Å². The molecule has 1 aromatic heterocycles. The summed E-state index contributed by atoms with van der Waals surface area (Å²) in [5.74, 6) is 0. The van der Waals surface area contributed by atoms with Crippen LogP contribution >= 0.6 is 11.6 Å². The minimum absolute atomic E-state index is 0.0132. The van der Waals surface area contributed by atoms with E-state index in [2.05, 4.69) is 10.4 Å². The second-order valence-corrected chi connectivity index (χ2v) is 5.81. The molecule has 19 heavy (non-hydrogen) atoms. The van der Waals surface area contributed by atoms with Gasteiger partial charge in [0.25, 0.3) is 5.56 Å². The van der Waals surface area contributed by atoms with Gasteiger partial charge >= 0.3 is 0 Å². The lowest BCUT2D eigenvalue weighted by molar-refractivity contribution is 0.0240. The Balaban J connectivity index is 3.11. The predicted octanol–water partition coefficient (Wildman–Crippen LogP) is 0.850. The number of aliphatic hydroxyl groups is 2. The fraction of sp³-hybridized carbons (Fsp3) is 0.667. The fourth-order valence-corrected chi connectivity index (χ4v) is 1.49. The summed E-state index contributed by atoms with van der Waals surface area (Å²) in [5, 5.41) is 25.8. The normalized spacial score (nSPS) is 12.6. The van der Waals surface area contributed by atoms with Crippen molar-refractivity contribution in [3.05, 3.63) is 21.6 Å². The summed E-state index contributed by atoms with van der Waals surface area (Å²) in [7, 11) is 0. The van der Waals surface area contributed by atoms with E-state index in [1.165, 1.54) is 6.20 Å². The van der Waals surface area contributed by atoms with Crippen molar-refractivity contribution in [2.75, 3.05) is 11.9 Å². The molecule has 0 aromatic carbocycles. The van der Waals surface area contributed by atoms with Crippen molar-refractivity contribution < 1.29 is 10.2 Å². The molecule has 6 nitrogen and oxygen atoms in total. The van der Waals surface area contributed by atoms with E-state index in [1.54, 1.807) is 27.7 Å². The lowest BCUT2D eigenvalue weighted by atomic mass is 9.86. The van der Waals surface area contributed by atoms with Crippen LogP contribution < -0.4 is 10.9 Å². The molecule has 0 saturated heterocycles. The van der Waals surface area contributed by atoms with Crippen molar-refractivity contribution in [2.45, 2.75) is 45.4 Å². The molecule has 0 aliphatic rings. The summed E-state index contributed by atoms with van der Waals surface area (Å²) in [4.78, 5) is 11.9. The average Bonchev–Trinajstić information content (AvgIpc) is 2.27. The first-order valence-corrected chi connectivity index (χ1v) is 6.35. The molecule has 0 aliphatic carbocycles. The summed E-state index contributed by atoms with van der Waals surface area (Å²) >= 11 is 5.99. The monoisotopic (exact) mass is 289 g/mol. The number of rotatable bonds is 5. The number of anilines is 1. The Kier molecular flexibility index (Phi) is 4.60. The van der Waals surface area contributed by atoms with Crippen LogP contribution in [0.2, 0.25) is 5.02 Å². The number of aliphatic hydroxyl groups excluding tert-OH is 1. The van der Waals surface area contributed by atoms with Crippen LogP contribution in [0.5, 0.6) is 0 Å². The van der Waals surface area contributed by atoms with E-state index >= 15 is 0 Å². The van der Waals surface area contributed by atoms with Crippen LogP contribution in [0.3, 0.4) is 0 Å². The molecule has 0 aliphatic heterocycles. The Morgan fingerprint density at radius 1 is 1.42 bits per heavy atom. The molecule has 108 valence electrons. The Morgan fingerprint density at radius 2 is 2.00 bits per heavy atom. The zero-order valence-electron chi connectivity index (χ0n) is 11.6. The van der Waals surface area contributed by atoms with E-state index in [0.717, 1.165) is 4.68 Å². The molecular weight excluding hydrogens is 270 g/mol. The van der Waals surface area contributed by atoms with E-state index in [0.29, 0.717) is 5.69 Å². The van der Waals surface area contributed by atoms with Gasteiger partial charge in [-0.25, -0.2) is 4.68 Å². The zero-order chi connectivity index (χ0) is 14.8. The van der Waals surface area contributed by atoms with Crippen molar-refractivity contribution in [1.29, 1.82) is 0 Å². The van der Waals surface area contributed by atoms with Crippen LogP contribution in [0, 0.1) is 0 Å². The summed E-state index contributed by atoms with van der Waals surface area (Å²) in [6.45, 7) is 6.81. The number of aromatic nitrogens is 2. The van der Waals surface area contributed by atoms with E-state index in [4.69, 9.17) is 16.7 Å². The second-order valence-electron chi connectivity index (χ2n) is 5.43. The van der Waals surface area contributed by atoms with Gasteiger partial charge < -0.3 is 15.5 Å². The van der Waals surface area contributed by atoms with Gasteiger partial charge in [0.1, 0.15) is 5.02 Å². The molecule has 1 aromatic rings. The van der Waals surface area contributed by atoms with E-state index < -0.39 is 16.7 Å². The van der Waals surface area contributed by atoms with Crippen LogP contribution in [0.1, 0.15) is 27.7 Å². The van der Waals surface area contributed by atoms with Gasteiger partial charge in [0.2, 0.25) is 0 Å². The lowest BCUT2D eigenvalue weighted by Crippen LogP contribution is -2.51. The Bertz CT molecular complexity index is 506. The number of hydrogen-bond acceptors (Lipinski definition) is 5. The predicted molar refractivity (Wildman–Crippen MR) is 74.6 cm³/mol. The van der Waals surface area contributed by atoms with Gasteiger partial charge in [0, 0.05) is 0 Å². The second kappa shape index (κ2) is 5.48. The Hall–Kier alpha value is -1.11. The maximum absolute atomic E-state index is 11.9. The molecule has 0 spiro atoms. The largest absolute Gasteiger partial charge is 0.394 e. The maximum Gasteiger partial charge on any atom is 0.287 e. The first kappa shape index (κ1) is 15.9. The van der Waals surface area contributed by atoms with Gasteiger partial charge in [0.15, 0.2) is 0 Å². The fourth-order valence-electron chi connectivity index (χ4n) is 1.30. The third-order valence-electron chi connectivity index (χ3n) is 3.27. The van der Waals surface area contributed by atoms with Crippen molar-refractivity contribution >= 4 is 17.3 Å². The first-order chi connectivity index (χ1) is 8.60. The summed E-state index contributed by atoms with van der Waals surface area (Å²) < 4.78 is 1.09. The van der Waals surface area contributed by atoms with Crippen LogP contribution in [0.25, 0.3) is 0 Å². The standard InChI is InChI=1S/C12H20ClN3O3/c1-11(2,12(3,4)19)15-8-7-14-16(5-6-17)10(18)9(8)13/h7,15,17,19H,5-6H2,1-4H3. The lowest BCUT2D eigenvalue weighted by Gasteiger charge is -2.38. The SMILES string of the molecule is CC(C)(O)C(C)(C)Nc1cnn(CCO)c(=O)c1Cl. The van der Waals surface area contributed by atoms with Crippen LogP contribution in [0.4, 0.5) is 5.69 Å². The Labute approximate surface area is 117 Å². The van der Waals surface area contributed by atoms with Gasteiger partial charge in [-0.05, 0) is 27.7 Å². The minimum Gasteiger partial charge on any atom is -0.394 e. The van der Waals surface area contributed by atoms with Gasteiger partial charge in [0.05, 0.1) is 36.2 Å². The molecule has 0 saturated carbocycles. The molecular formula is C12H20ClN3O3. The first-order valence-electron chi connectivity index (χ1n) is 5.97. The van der Waals surface area contributed by atoms with Crippen molar-refractivity contribution in [3.8, 4) is 0 Å². The van der Waals surface area contributed by atoms with E-state index in [9.17, 15) is 9.90 Å². The molecule has 1 rings (SSSR count). The zero-order valence-corrected chi connectivity index (χ0v) is 12.3. The molecule has 0 fully saturated rings. The van der Waals surface area contributed by atoms with Crippen molar-refractivity contribution in [1.82, 2.24) is 9.78 Å². The van der Waals surface area contributed by atoms with Gasteiger partial charge in [-0.15, -0.1) is 0 Å². The highest BCUT2D eigenvalue weighted by atomic mass is 35.5. The number of nitrogens with one attached hydrogen (secondary N) is 1. The van der Waals surface area contributed by atoms with Crippen molar-refractivity contribution in [3.63, 3.8) is 0 Å². The highest BCUT2D eigenvalue weighted by molar-refractivity contribution is 6.32. The molecule has 0 radical (unpaired) electrons. The highest BCUT2D eigenvalue weighted by Gasteiger charge is 2.35. The highest BCUT2D eigenvalue weighted by Crippen LogP contribution is 2.27. The van der Waals surface area contributed by atoms with Crippen LogP contribution in [-0.2, 0) is 6.54 Å². The molecule has 1 heterocycles. The molecule has 7 heteroatoms. The summed E-state index contributed by atoms with van der Waals surface area (Å²) in [6.07, 6.45) is 1.41. The molecule has 0 atom stereocenters. The third kappa shape index (κ3) is 3.46. The van der Waals surface area contributed by atoms with Crippen molar-refractivity contribution in [2.24, 2.45) is 0 Å². The molecule has 0 unspecified atom stereocenters. The van der Waals surface area contributed by atoms with Crippen LogP contribution in [-0.4, -0.2) is 37.7 Å². The third-order valence-corrected chi connectivity index (χ3v) is 3.64. The quantitative estimate of drug-likeness (QED) is 0.748. The molecule has 0 amide bonds. The molecule has 3 N–H and O–H groups in total. The van der Waals surface area contributed by atoms with Gasteiger partial charge in [-0.3, -0.25) is 4.79 Å². The van der Waals surface area contributed by atoms with E-state index in [-0.39, 0.29) is 18.2 Å². The maximum atomic E-state index is 11.9. The number of nitrogens with zero attached hydrogens (tertiary/aromatic N) is 2. The van der Waals surface area contributed by atoms with E-state index in [1.807, 2.05) is 0 Å². The number of hydrogen-bond donors (Lipinski definition) is 3. The van der Waals surface area contributed by atoms with Gasteiger partial charge in [-0.2, -0.15) is 5.10 Å². The molecule has 0 bridgehead atoms. The minimum atomic E-state index is -1.02. The number of halogens is 1. The topological polar surface area (TPSA) is 87.4 Å². The smallest absolute Gasteiger partial charge is 0.287 e. The van der Waals surface area contributed by atoms with Gasteiger partial charge in [-0.1, -0.05) is 11.6 Å². The Morgan fingerprint density at radius 3 is 2.47 bits per heavy atom. The summed E-state index contributed by atoms with van der Waals surface area (Å²) in [5.41, 5.74) is -1.84. The average molecular weight is 290 g/mol. The summed E-state index contributed by atoms with van der Waals surface area (Å²) in [6, 6.07) is 0.